The molecule has 0 spiro atoms. The lowest BCUT2D eigenvalue weighted by Crippen LogP contribution is -2.41. The van der Waals surface area contributed by atoms with Gasteiger partial charge >= 0.3 is 0 Å². The van der Waals surface area contributed by atoms with Gasteiger partial charge in [0.25, 0.3) is 5.91 Å². The van der Waals surface area contributed by atoms with Crippen molar-refractivity contribution in [1.82, 2.24) is 9.29 Å². The van der Waals surface area contributed by atoms with Crippen molar-refractivity contribution >= 4 is 38.3 Å². The second kappa shape index (κ2) is 7.75. The SMILES string of the molecule is Cc1ccc(S(=O)(=O)N2CCC(C(=O)Nc3ncc(C(N)=O)s3)CC2)cc1. The van der Waals surface area contributed by atoms with E-state index in [0.717, 1.165) is 16.9 Å². The number of hydrogen-bond donors (Lipinski definition) is 2. The van der Waals surface area contributed by atoms with E-state index in [2.05, 4.69) is 10.3 Å². The number of nitrogens with two attached hydrogens (primary N) is 1. The summed E-state index contributed by atoms with van der Waals surface area (Å²) in [6, 6.07) is 6.73. The number of carbonyl (C=O) groups excluding carboxylic acids is 2. The minimum Gasteiger partial charge on any atom is -0.365 e. The zero-order valence-electron chi connectivity index (χ0n) is 14.7. The summed E-state index contributed by atoms with van der Waals surface area (Å²) in [5.74, 6) is -1.13. The van der Waals surface area contributed by atoms with Crippen molar-refractivity contribution in [3.8, 4) is 0 Å². The molecule has 10 heteroatoms. The molecular weight excluding hydrogens is 388 g/mol. The summed E-state index contributed by atoms with van der Waals surface area (Å²) in [6.45, 7) is 2.45. The van der Waals surface area contributed by atoms with E-state index >= 15 is 0 Å². The lowest BCUT2D eigenvalue weighted by atomic mass is 9.97. The Morgan fingerprint density at radius 1 is 1.22 bits per heavy atom. The van der Waals surface area contributed by atoms with Gasteiger partial charge in [-0.05, 0) is 31.9 Å². The van der Waals surface area contributed by atoms with Crippen molar-refractivity contribution in [3.63, 3.8) is 0 Å². The van der Waals surface area contributed by atoms with Crippen LogP contribution in [0.15, 0.2) is 35.4 Å². The summed E-state index contributed by atoms with van der Waals surface area (Å²) in [5.41, 5.74) is 6.16. The molecule has 1 saturated heterocycles. The van der Waals surface area contributed by atoms with Gasteiger partial charge in [0.15, 0.2) is 5.13 Å². The molecule has 1 fully saturated rings. The lowest BCUT2D eigenvalue weighted by molar-refractivity contribution is -0.120. The van der Waals surface area contributed by atoms with Crippen LogP contribution in [0.1, 0.15) is 28.1 Å². The van der Waals surface area contributed by atoms with Gasteiger partial charge in [-0.3, -0.25) is 9.59 Å². The van der Waals surface area contributed by atoms with Crippen molar-refractivity contribution in [3.05, 3.63) is 40.9 Å². The van der Waals surface area contributed by atoms with E-state index in [1.54, 1.807) is 24.3 Å². The summed E-state index contributed by atoms with van der Waals surface area (Å²) < 4.78 is 26.8. The number of sulfonamides is 1. The number of nitrogens with zero attached hydrogens (tertiary/aromatic N) is 2. The Kier molecular flexibility index (Phi) is 5.59. The van der Waals surface area contributed by atoms with Gasteiger partial charge in [-0.1, -0.05) is 29.0 Å². The second-order valence-corrected chi connectivity index (χ2v) is 9.34. The fourth-order valence-electron chi connectivity index (χ4n) is 2.87. The molecule has 144 valence electrons. The van der Waals surface area contributed by atoms with Crippen LogP contribution < -0.4 is 11.1 Å². The number of primary amides is 1. The van der Waals surface area contributed by atoms with E-state index in [9.17, 15) is 18.0 Å². The highest BCUT2D eigenvalue weighted by molar-refractivity contribution is 7.89. The Morgan fingerprint density at radius 3 is 2.41 bits per heavy atom. The van der Waals surface area contributed by atoms with Crippen LogP contribution in [-0.4, -0.2) is 42.6 Å². The van der Waals surface area contributed by atoms with Crippen molar-refractivity contribution in [2.45, 2.75) is 24.7 Å². The first-order valence-electron chi connectivity index (χ1n) is 8.40. The van der Waals surface area contributed by atoms with Crippen molar-refractivity contribution in [1.29, 1.82) is 0 Å². The topological polar surface area (TPSA) is 122 Å². The molecular formula is C17H20N4O4S2. The summed E-state index contributed by atoms with van der Waals surface area (Å²) in [7, 11) is -3.55. The highest BCUT2D eigenvalue weighted by atomic mass is 32.2. The molecule has 2 amide bonds. The third-order valence-corrected chi connectivity index (χ3v) is 7.30. The van der Waals surface area contributed by atoms with Gasteiger partial charge in [0.2, 0.25) is 15.9 Å². The number of amides is 2. The number of piperidine rings is 1. The van der Waals surface area contributed by atoms with Gasteiger partial charge in [0.05, 0.1) is 11.1 Å². The van der Waals surface area contributed by atoms with Crippen LogP contribution >= 0.6 is 11.3 Å². The van der Waals surface area contributed by atoms with Gasteiger partial charge < -0.3 is 11.1 Å². The van der Waals surface area contributed by atoms with Crippen LogP contribution in [0.3, 0.4) is 0 Å². The highest BCUT2D eigenvalue weighted by Crippen LogP contribution is 2.26. The van der Waals surface area contributed by atoms with E-state index in [4.69, 9.17) is 5.73 Å². The van der Waals surface area contributed by atoms with Crippen LogP contribution in [0.2, 0.25) is 0 Å². The van der Waals surface area contributed by atoms with E-state index in [0.29, 0.717) is 18.0 Å². The predicted octanol–water partition coefficient (Wildman–Crippen LogP) is 1.59. The molecule has 0 bridgehead atoms. The summed E-state index contributed by atoms with van der Waals surface area (Å²) in [5, 5.41) is 2.98. The van der Waals surface area contributed by atoms with Gasteiger partial charge in [-0.25, -0.2) is 13.4 Å². The Morgan fingerprint density at radius 2 is 1.85 bits per heavy atom. The Hall–Kier alpha value is -2.30. The van der Waals surface area contributed by atoms with E-state index in [-0.39, 0.29) is 34.7 Å². The largest absolute Gasteiger partial charge is 0.365 e. The molecule has 1 aromatic carbocycles. The number of benzene rings is 1. The molecule has 3 N–H and O–H groups in total. The molecule has 2 aromatic rings. The van der Waals surface area contributed by atoms with Crippen LogP contribution in [-0.2, 0) is 14.8 Å². The molecule has 1 aliphatic heterocycles. The van der Waals surface area contributed by atoms with Crippen molar-refractivity contribution in [2.24, 2.45) is 11.7 Å². The molecule has 2 heterocycles. The molecule has 0 radical (unpaired) electrons. The Labute approximate surface area is 161 Å². The third kappa shape index (κ3) is 4.34. The first kappa shape index (κ1) is 19.5. The number of thiazole rings is 1. The van der Waals surface area contributed by atoms with E-state index in [1.165, 1.54) is 10.5 Å². The van der Waals surface area contributed by atoms with E-state index < -0.39 is 15.9 Å². The zero-order valence-corrected chi connectivity index (χ0v) is 16.3. The Balaban J connectivity index is 1.60. The van der Waals surface area contributed by atoms with E-state index in [1.807, 2.05) is 6.92 Å². The van der Waals surface area contributed by atoms with Crippen molar-refractivity contribution < 1.29 is 18.0 Å². The predicted molar refractivity (Wildman–Crippen MR) is 102 cm³/mol. The highest BCUT2D eigenvalue weighted by Gasteiger charge is 2.32. The summed E-state index contributed by atoms with van der Waals surface area (Å²) in [6.07, 6.45) is 2.16. The molecule has 0 unspecified atom stereocenters. The molecule has 27 heavy (non-hydrogen) atoms. The molecule has 0 aliphatic carbocycles. The van der Waals surface area contributed by atoms with Crippen LogP contribution in [0.4, 0.5) is 5.13 Å². The van der Waals surface area contributed by atoms with Gasteiger partial charge in [0.1, 0.15) is 4.88 Å². The number of hydrogen-bond acceptors (Lipinski definition) is 6. The van der Waals surface area contributed by atoms with Crippen LogP contribution in [0.5, 0.6) is 0 Å². The number of aryl methyl sites for hydroxylation is 1. The standard InChI is InChI=1S/C17H20N4O4S2/c1-11-2-4-13(5-3-11)27(24,25)21-8-6-12(7-9-21)16(23)20-17-19-10-14(26-17)15(18)22/h2-5,10,12H,6-9H2,1H3,(H2,18,22)(H,19,20,23). The third-order valence-electron chi connectivity index (χ3n) is 4.46. The fourth-order valence-corrected chi connectivity index (χ4v) is 5.01. The molecule has 0 saturated carbocycles. The minimum absolute atomic E-state index is 0.229. The van der Waals surface area contributed by atoms with Gasteiger partial charge in [-0.2, -0.15) is 4.31 Å². The minimum atomic E-state index is -3.55. The second-order valence-electron chi connectivity index (χ2n) is 6.37. The van der Waals surface area contributed by atoms with Gasteiger partial charge in [0, 0.05) is 19.0 Å². The molecule has 0 atom stereocenters. The number of aromatic nitrogens is 1. The maximum absolute atomic E-state index is 12.7. The maximum Gasteiger partial charge on any atom is 0.260 e. The van der Waals surface area contributed by atoms with Crippen LogP contribution in [0.25, 0.3) is 0 Å². The number of anilines is 1. The first-order chi connectivity index (χ1) is 12.8. The van der Waals surface area contributed by atoms with Crippen LogP contribution in [0, 0.1) is 12.8 Å². The summed E-state index contributed by atoms with van der Waals surface area (Å²) >= 11 is 1.01. The monoisotopic (exact) mass is 408 g/mol. The Bertz CT molecular complexity index is 946. The summed E-state index contributed by atoms with van der Waals surface area (Å²) in [4.78, 5) is 27.9. The lowest BCUT2D eigenvalue weighted by Gasteiger charge is -2.30. The molecule has 1 aliphatic rings. The maximum atomic E-state index is 12.7. The first-order valence-corrected chi connectivity index (χ1v) is 10.7. The quantitative estimate of drug-likeness (QED) is 0.778. The normalized spacial score (nSPS) is 16.2. The average molecular weight is 409 g/mol. The molecule has 8 nitrogen and oxygen atoms in total. The number of nitrogens with one attached hydrogen (secondary N) is 1. The molecule has 1 aromatic heterocycles. The molecule has 3 rings (SSSR count). The van der Waals surface area contributed by atoms with Gasteiger partial charge in [-0.15, -0.1) is 0 Å². The number of rotatable bonds is 5. The average Bonchev–Trinajstić information content (AvgIpc) is 3.11. The number of carbonyl (C=O) groups is 2. The fraction of sp³-hybridized carbons (Fsp3) is 0.353. The van der Waals surface area contributed by atoms with Crippen molar-refractivity contribution in [2.75, 3.05) is 18.4 Å². The smallest absolute Gasteiger partial charge is 0.260 e. The zero-order chi connectivity index (χ0) is 19.6.